The van der Waals surface area contributed by atoms with E-state index in [1.165, 1.54) is 4.57 Å². The summed E-state index contributed by atoms with van der Waals surface area (Å²) in [5, 5.41) is 4.54. The Morgan fingerprint density at radius 3 is 2.54 bits per heavy atom. The molecule has 2 N–H and O–H groups in total. The van der Waals surface area contributed by atoms with Crippen LogP contribution >= 0.6 is 0 Å². The highest BCUT2D eigenvalue weighted by molar-refractivity contribution is 7.90. The number of carbonyl (C=O) groups excluding carboxylic acids is 2. The van der Waals surface area contributed by atoms with Gasteiger partial charge in [-0.1, -0.05) is 26.0 Å². The maximum atomic E-state index is 12.1. The topological polar surface area (TPSA) is 110 Å². The summed E-state index contributed by atoms with van der Waals surface area (Å²) < 4.78 is 25.1. The monoisotopic (exact) mass is 352 g/mol. The van der Waals surface area contributed by atoms with E-state index in [0.29, 0.717) is 17.6 Å². The Morgan fingerprint density at radius 1 is 1.25 bits per heavy atom. The molecule has 0 radical (unpaired) electrons. The molecule has 0 saturated carbocycles. The van der Waals surface area contributed by atoms with Crippen LogP contribution < -0.4 is 10.6 Å². The highest BCUT2D eigenvalue weighted by Crippen LogP contribution is 2.19. The number of hydrogen-bond acceptors (Lipinski definition) is 5. The second kappa shape index (κ2) is 7.00. The zero-order chi connectivity index (χ0) is 17.9. The fourth-order valence-electron chi connectivity index (χ4n) is 2.14. The van der Waals surface area contributed by atoms with E-state index >= 15 is 0 Å². The molecule has 0 aliphatic rings. The largest absolute Gasteiger partial charge is 0.338 e. The van der Waals surface area contributed by atoms with Gasteiger partial charge in [-0.3, -0.25) is 10.1 Å². The van der Waals surface area contributed by atoms with Crippen LogP contribution in [0.15, 0.2) is 29.4 Å². The van der Waals surface area contributed by atoms with Crippen LogP contribution in [-0.2, 0) is 21.2 Å². The maximum Gasteiger partial charge on any atom is 0.321 e. The van der Waals surface area contributed by atoms with Gasteiger partial charge in [0.25, 0.3) is 0 Å². The number of urea groups is 1. The molecule has 0 aliphatic carbocycles. The van der Waals surface area contributed by atoms with Gasteiger partial charge in [0.05, 0.1) is 11.0 Å². The van der Waals surface area contributed by atoms with Gasteiger partial charge in [0.1, 0.15) is 6.54 Å². The van der Waals surface area contributed by atoms with E-state index in [1.54, 1.807) is 24.3 Å². The van der Waals surface area contributed by atoms with E-state index in [0.717, 1.165) is 6.26 Å². The summed E-state index contributed by atoms with van der Waals surface area (Å²) in [6, 6.07) is 6.17. The molecule has 1 aromatic carbocycles. The van der Waals surface area contributed by atoms with Crippen LogP contribution in [0.3, 0.4) is 0 Å². The molecule has 0 atom stereocenters. The predicted molar refractivity (Wildman–Crippen MR) is 89.2 cm³/mol. The number of amides is 3. The molecule has 0 spiro atoms. The lowest BCUT2D eigenvalue weighted by Crippen LogP contribution is -2.42. The summed E-state index contributed by atoms with van der Waals surface area (Å²) >= 11 is 0. The second-order valence-corrected chi connectivity index (χ2v) is 7.80. The molecule has 2 aromatic rings. The Hall–Kier alpha value is -2.42. The van der Waals surface area contributed by atoms with Crippen LogP contribution in [0.5, 0.6) is 0 Å². The Kier molecular flexibility index (Phi) is 5.23. The summed E-state index contributed by atoms with van der Waals surface area (Å²) in [6.45, 7) is 3.97. The molecule has 1 aromatic heterocycles. The van der Waals surface area contributed by atoms with Gasteiger partial charge in [-0.15, -0.1) is 0 Å². The third-order valence-corrected chi connectivity index (χ3v) is 4.15. The number of imidazole rings is 1. The van der Waals surface area contributed by atoms with Crippen LogP contribution in [-0.4, -0.2) is 42.7 Å². The van der Waals surface area contributed by atoms with Crippen molar-refractivity contribution in [2.75, 3.05) is 12.8 Å². The van der Waals surface area contributed by atoms with Crippen molar-refractivity contribution in [3.05, 3.63) is 24.3 Å². The number of benzene rings is 1. The van der Waals surface area contributed by atoms with Gasteiger partial charge in [0.2, 0.25) is 20.9 Å². The second-order valence-electron chi connectivity index (χ2n) is 5.89. The van der Waals surface area contributed by atoms with Crippen molar-refractivity contribution < 1.29 is 18.0 Å². The number of carbonyl (C=O) groups is 2. The van der Waals surface area contributed by atoms with Crippen molar-refractivity contribution in [3.63, 3.8) is 0 Å². The number of sulfone groups is 1. The van der Waals surface area contributed by atoms with Gasteiger partial charge in [-0.2, -0.15) is 0 Å². The maximum absolute atomic E-state index is 12.1. The highest BCUT2D eigenvalue weighted by Gasteiger charge is 2.21. The molecule has 2 rings (SSSR count). The van der Waals surface area contributed by atoms with Crippen molar-refractivity contribution >= 4 is 32.8 Å². The average Bonchev–Trinajstić information content (AvgIpc) is 2.84. The lowest BCUT2D eigenvalue weighted by Gasteiger charge is -2.10. The van der Waals surface area contributed by atoms with Gasteiger partial charge in [0.15, 0.2) is 0 Å². The van der Waals surface area contributed by atoms with Crippen molar-refractivity contribution in [2.45, 2.75) is 25.5 Å². The van der Waals surface area contributed by atoms with Gasteiger partial charge in [-0.25, -0.2) is 18.2 Å². The van der Waals surface area contributed by atoms with E-state index in [-0.39, 0.29) is 17.6 Å². The summed E-state index contributed by atoms with van der Waals surface area (Å²) in [4.78, 5) is 27.8. The molecule has 24 heavy (non-hydrogen) atoms. The first-order chi connectivity index (χ1) is 11.2. The quantitative estimate of drug-likeness (QED) is 0.831. The smallest absolute Gasteiger partial charge is 0.321 e. The molecular formula is C15H20N4O4S. The summed E-state index contributed by atoms with van der Waals surface area (Å²) in [5.41, 5.74) is 0.977. The molecule has 9 heteroatoms. The van der Waals surface area contributed by atoms with Crippen LogP contribution in [0.1, 0.15) is 13.8 Å². The Balaban J connectivity index is 2.23. The van der Waals surface area contributed by atoms with Gasteiger partial charge in [0, 0.05) is 12.8 Å². The number of imide groups is 1. The number of fused-ring (bicyclic) bond motifs is 1. The highest BCUT2D eigenvalue weighted by atomic mass is 32.2. The molecule has 1 heterocycles. The fraction of sp³-hybridized carbons (Fsp3) is 0.400. The van der Waals surface area contributed by atoms with Crippen molar-refractivity contribution in [3.8, 4) is 0 Å². The van der Waals surface area contributed by atoms with E-state index in [9.17, 15) is 18.0 Å². The Morgan fingerprint density at radius 2 is 1.92 bits per heavy atom. The standard InChI is InChI=1S/C15H20N4O4S/c1-10(2)8-16-14(21)18-13(20)9-19-12-7-5-4-6-11(12)17-15(19)24(3,22)23/h4-7,10H,8-9H2,1-3H3,(H2,16,18,20,21). The summed E-state index contributed by atoms with van der Waals surface area (Å²) in [5.74, 6) is -0.371. The molecule has 3 amide bonds. The van der Waals surface area contributed by atoms with Gasteiger partial charge < -0.3 is 9.88 Å². The summed E-state index contributed by atoms with van der Waals surface area (Å²) in [6.07, 6.45) is 1.03. The Labute approximate surface area is 140 Å². The SMILES string of the molecule is CC(C)CNC(=O)NC(=O)Cn1c(S(C)(=O)=O)nc2ccccc21. The minimum atomic E-state index is -3.62. The van der Waals surface area contributed by atoms with Gasteiger partial charge >= 0.3 is 6.03 Å². The van der Waals surface area contributed by atoms with Crippen LogP contribution in [0, 0.1) is 5.92 Å². The molecule has 0 bridgehead atoms. The van der Waals surface area contributed by atoms with E-state index in [2.05, 4.69) is 15.6 Å². The number of para-hydroxylation sites is 2. The molecule has 130 valence electrons. The first kappa shape index (κ1) is 17.9. The molecule has 0 unspecified atom stereocenters. The number of rotatable bonds is 5. The molecular weight excluding hydrogens is 332 g/mol. The number of nitrogens with one attached hydrogen (secondary N) is 2. The third kappa shape index (κ3) is 4.31. The number of hydrogen-bond donors (Lipinski definition) is 2. The summed E-state index contributed by atoms with van der Waals surface area (Å²) in [7, 11) is -3.62. The van der Waals surface area contributed by atoms with Crippen LogP contribution in [0.2, 0.25) is 0 Å². The van der Waals surface area contributed by atoms with Crippen LogP contribution in [0.4, 0.5) is 4.79 Å². The zero-order valence-corrected chi connectivity index (χ0v) is 14.6. The average molecular weight is 352 g/mol. The minimum Gasteiger partial charge on any atom is -0.338 e. The zero-order valence-electron chi connectivity index (χ0n) is 13.7. The first-order valence-electron chi connectivity index (χ1n) is 7.41. The lowest BCUT2D eigenvalue weighted by atomic mass is 10.2. The third-order valence-electron chi connectivity index (χ3n) is 3.18. The van der Waals surface area contributed by atoms with E-state index < -0.39 is 21.8 Å². The lowest BCUT2D eigenvalue weighted by molar-refractivity contribution is -0.120. The van der Waals surface area contributed by atoms with Gasteiger partial charge in [-0.05, 0) is 18.1 Å². The number of nitrogens with zero attached hydrogens (tertiary/aromatic N) is 2. The minimum absolute atomic E-state index is 0.207. The molecule has 0 fully saturated rings. The molecule has 0 saturated heterocycles. The molecule has 0 aliphatic heterocycles. The normalized spacial score (nSPS) is 11.7. The first-order valence-corrected chi connectivity index (χ1v) is 9.30. The van der Waals surface area contributed by atoms with Crippen molar-refractivity contribution in [2.24, 2.45) is 5.92 Å². The van der Waals surface area contributed by atoms with Crippen molar-refractivity contribution in [1.29, 1.82) is 0 Å². The molecule has 8 nitrogen and oxygen atoms in total. The van der Waals surface area contributed by atoms with E-state index in [4.69, 9.17) is 0 Å². The number of aromatic nitrogens is 2. The fourth-order valence-corrected chi connectivity index (χ4v) is 2.97. The Bertz CT molecular complexity index is 871. The van der Waals surface area contributed by atoms with E-state index in [1.807, 2.05) is 13.8 Å². The predicted octanol–water partition coefficient (Wildman–Crippen LogP) is 0.922. The van der Waals surface area contributed by atoms with Crippen LogP contribution in [0.25, 0.3) is 11.0 Å². The van der Waals surface area contributed by atoms with Crippen molar-refractivity contribution in [1.82, 2.24) is 20.2 Å².